The van der Waals surface area contributed by atoms with Crippen molar-refractivity contribution < 1.29 is 4.84 Å². The summed E-state index contributed by atoms with van der Waals surface area (Å²) >= 11 is 0. The first kappa shape index (κ1) is 20.9. The van der Waals surface area contributed by atoms with Gasteiger partial charge in [0.15, 0.2) is 5.82 Å². The van der Waals surface area contributed by atoms with E-state index < -0.39 is 0 Å². The lowest BCUT2D eigenvalue weighted by molar-refractivity contribution is 0.0594. The van der Waals surface area contributed by atoms with Gasteiger partial charge in [-0.15, -0.1) is 0 Å². The van der Waals surface area contributed by atoms with Crippen molar-refractivity contribution in [2.75, 3.05) is 12.3 Å². The van der Waals surface area contributed by atoms with Crippen molar-refractivity contribution in [1.82, 2.24) is 20.0 Å². The van der Waals surface area contributed by atoms with Gasteiger partial charge in [-0.2, -0.15) is 0 Å². The van der Waals surface area contributed by atoms with E-state index in [0.717, 1.165) is 70.4 Å². The Hall–Kier alpha value is -3.38. The third-order valence-corrected chi connectivity index (χ3v) is 5.24. The smallest absolute Gasteiger partial charge is 0.152 e. The van der Waals surface area contributed by atoms with E-state index in [0.29, 0.717) is 12.4 Å². The zero-order valence-corrected chi connectivity index (χ0v) is 18.2. The van der Waals surface area contributed by atoms with Crippen molar-refractivity contribution >= 4 is 27.8 Å². The van der Waals surface area contributed by atoms with E-state index in [4.69, 9.17) is 20.5 Å². The van der Waals surface area contributed by atoms with Crippen molar-refractivity contribution in [2.45, 2.75) is 39.7 Å². The molecular weight excluding hydrogens is 386 g/mol. The van der Waals surface area contributed by atoms with Crippen LogP contribution in [0, 0.1) is 0 Å². The Bertz CT molecular complexity index is 1210. The highest BCUT2D eigenvalue weighted by atomic mass is 16.6. The van der Waals surface area contributed by atoms with Gasteiger partial charge in [0.05, 0.1) is 17.6 Å². The van der Waals surface area contributed by atoms with E-state index in [9.17, 15) is 0 Å². The van der Waals surface area contributed by atoms with Crippen LogP contribution in [0.1, 0.15) is 32.5 Å². The number of aryl methyl sites for hydroxylation is 2. The Balaban J connectivity index is 1.76. The summed E-state index contributed by atoms with van der Waals surface area (Å²) in [7, 11) is 0. The number of hydrogen-bond acceptors (Lipinski definition) is 5. The van der Waals surface area contributed by atoms with Crippen LogP contribution >= 0.6 is 0 Å². The Morgan fingerprint density at radius 3 is 2.68 bits per heavy atom. The van der Waals surface area contributed by atoms with Crippen molar-refractivity contribution in [1.29, 1.82) is 0 Å². The molecule has 0 fully saturated rings. The lowest BCUT2D eigenvalue weighted by Gasteiger charge is -2.12. The Kier molecular flexibility index (Phi) is 6.18. The fraction of sp³-hybridized carbons (Fsp3) is 0.280. The molecule has 0 saturated carbocycles. The van der Waals surface area contributed by atoms with Gasteiger partial charge in [0.2, 0.25) is 0 Å². The van der Waals surface area contributed by atoms with Crippen molar-refractivity contribution in [3.05, 3.63) is 66.6 Å². The zero-order chi connectivity index (χ0) is 21.8. The average Bonchev–Trinajstić information content (AvgIpc) is 3.13. The summed E-state index contributed by atoms with van der Waals surface area (Å²) in [5.74, 6) is 1.52. The molecule has 6 heteroatoms. The number of rotatable bonds is 9. The van der Waals surface area contributed by atoms with Crippen molar-refractivity contribution in [3.63, 3.8) is 0 Å². The summed E-state index contributed by atoms with van der Waals surface area (Å²) in [5, 5.41) is 1.07. The number of pyridine rings is 1. The third kappa shape index (κ3) is 4.39. The summed E-state index contributed by atoms with van der Waals surface area (Å²) in [4.78, 5) is 15.0. The second-order valence-electron chi connectivity index (χ2n) is 7.81. The molecule has 2 heterocycles. The van der Waals surface area contributed by atoms with Crippen LogP contribution in [-0.2, 0) is 17.8 Å². The monoisotopic (exact) mass is 415 g/mol. The number of hydroxylamine groups is 1. The number of nitrogens with one attached hydrogen (secondary N) is 1. The van der Waals surface area contributed by atoms with Gasteiger partial charge < -0.3 is 10.3 Å². The highest BCUT2D eigenvalue weighted by Crippen LogP contribution is 2.32. The van der Waals surface area contributed by atoms with Crippen LogP contribution in [0.15, 0.2) is 60.8 Å². The molecule has 0 spiro atoms. The maximum Gasteiger partial charge on any atom is 0.152 e. The normalized spacial score (nSPS) is 11.3. The molecule has 6 nitrogen and oxygen atoms in total. The maximum atomic E-state index is 6.37. The highest BCUT2D eigenvalue weighted by Gasteiger charge is 2.17. The van der Waals surface area contributed by atoms with Crippen LogP contribution in [-0.4, -0.2) is 21.1 Å². The minimum absolute atomic E-state index is 0.476. The van der Waals surface area contributed by atoms with E-state index in [1.165, 1.54) is 0 Å². The molecule has 2 aromatic heterocycles. The summed E-state index contributed by atoms with van der Waals surface area (Å²) in [6, 6.07) is 16.7. The predicted octanol–water partition coefficient (Wildman–Crippen LogP) is 5.23. The van der Waals surface area contributed by atoms with Crippen molar-refractivity contribution in [3.8, 4) is 11.1 Å². The number of aromatic nitrogens is 3. The van der Waals surface area contributed by atoms with E-state index in [2.05, 4.69) is 53.9 Å². The topological polar surface area (TPSA) is 78.0 Å². The quantitative estimate of drug-likeness (QED) is 0.289. The largest absolute Gasteiger partial charge is 0.382 e. The molecule has 160 valence electrons. The van der Waals surface area contributed by atoms with E-state index in [1.54, 1.807) is 0 Å². The maximum absolute atomic E-state index is 6.37. The average molecular weight is 416 g/mol. The fourth-order valence-corrected chi connectivity index (χ4v) is 3.89. The molecular formula is C25H29N5O. The number of nitrogens with two attached hydrogens (primary N) is 1. The molecule has 0 amide bonds. The van der Waals surface area contributed by atoms with Crippen LogP contribution in [0.25, 0.3) is 33.1 Å². The van der Waals surface area contributed by atoms with Gasteiger partial charge >= 0.3 is 0 Å². The summed E-state index contributed by atoms with van der Waals surface area (Å²) < 4.78 is 2.28. The Morgan fingerprint density at radius 1 is 1.13 bits per heavy atom. The van der Waals surface area contributed by atoms with Gasteiger partial charge in [0.25, 0.3) is 0 Å². The first-order valence-electron chi connectivity index (χ1n) is 10.8. The van der Waals surface area contributed by atoms with Gasteiger partial charge in [-0.3, -0.25) is 10.3 Å². The molecule has 0 aliphatic rings. The molecule has 0 aliphatic heterocycles. The standard InChI is InChI=1S/C25H29N5O/c1-4-9-22-28-23-24(30(22)14-8-15-31-29-17(2)3)20-13-12-19(16-21(20)27-25(23)26)18-10-6-5-7-11-18/h5-7,10-13,16,29H,2,4,8-9,14-15H2,1,3H3,(H2,26,27). The Labute approximate surface area is 182 Å². The van der Waals surface area contributed by atoms with Gasteiger partial charge in [0, 0.05) is 24.0 Å². The fourth-order valence-electron chi connectivity index (χ4n) is 3.89. The van der Waals surface area contributed by atoms with Crippen molar-refractivity contribution in [2.24, 2.45) is 0 Å². The van der Waals surface area contributed by atoms with Crippen LogP contribution < -0.4 is 11.2 Å². The molecule has 4 aromatic rings. The number of nitrogen functional groups attached to an aromatic ring is 1. The number of nitrogens with zero attached hydrogens (tertiary/aromatic N) is 3. The van der Waals surface area contributed by atoms with Gasteiger partial charge in [-0.25, -0.2) is 9.97 Å². The lowest BCUT2D eigenvalue weighted by Crippen LogP contribution is -2.14. The number of hydrogen-bond donors (Lipinski definition) is 2. The second kappa shape index (κ2) is 9.18. The third-order valence-electron chi connectivity index (χ3n) is 5.24. The predicted molar refractivity (Wildman–Crippen MR) is 127 cm³/mol. The SMILES string of the molecule is C=C(C)NOCCCn1c(CCC)nc2c(N)nc3cc(-c4ccccc4)ccc3c21. The van der Waals surface area contributed by atoms with Crippen LogP contribution in [0.3, 0.4) is 0 Å². The molecule has 0 radical (unpaired) electrons. The molecule has 3 N–H and O–H groups in total. The number of imidazole rings is 1. The summed E-state index contributed by atoms with van der Waals surface area (Å²) in [6.07, 6.45) is 2.75. The first-order valence-corrected chi connectivity index (χ1v) is 10.8. The van der Waals surface area contributed by atoms with Gasteiger partial charge in [0.1, 0.15) is 11.3 Å². The molecule has 31 heavy (non-hydrogen) atoms. The summed E-state index contributed by atoms with van der Waals surface area (Å²) in [6.45, 7) is 9.19. The van der Waals surface area contributed by atoms with Crippen LogP contribution in [0.5, 0.6) is 0 Å². The lowest BCUT2D eigenvalue weighted by atomic mass is 10.0. The summed E-state index contributed by atoms with van der Waals surface area (Å²) in [5.41, 5.74) is 15.0. The first-order chi connectivity index (χ1) is 15.1. The van der Waals surface area contributed by atoms with Crippen LogP contribution in [0.4, 0.5) is 5.82 Å². The molecule has 2 aromatic carbocycles. The van der Waals surface area contributed by atoms with E-state index in [-0.39, 0.29) is 0 Å². The minimum atomic E-state index is 0.476. The van der Waals surface area contributed by atoms with Gasteiger partial charge in [-0.1, -0.05) is 56.0 Å². The number of allylic oxidation sites excluding steroid dienone is 1. The van der Waals surface area contributed by atoms with E-state index >= 15 is 0 Å². The molecule has 0 aliphatic carbocycles. The number of benzene rings is 2. The molecule has 0 saturated heterocycles. The number of anilines is 1. The Morgan fingerprint density at radius 2 is 1.94 bits per heavy atom. The highest BCUT2D eigenvalue weighted by molar-refractivity contribution is 6.07. The zero-order valence-electron chi connectivity index (χ0n) is 18.2. The molecule has 4 rings (SSSR count). The second-order valence-corrected chi connectivity index (χ2v) is 7.81. The van der Waals surface area contributed by atoms with Crippen LogP contribution in [0.2, 0.25) is 0 Å². The number of fused-ring (bicyclic) bond motifs is 3. The molecule has 0 atom stereocenters. The molecule has 0 unspecified atom stereocenters. The minimum Gasteiger partial charge on any atom is -0.382 e. The molecule has 0 bridgehead atoms. The van der Waals surface area contributed by atoms with Gasteiger partial charge in [-0.05, 0) is 37.0 Å². The van der Waals surface area contributed by atoms with E-state index in [1.807, 2.05) is 25.1 Å².